The third kappa shape index (κ3) is 3.58. The van der Waals surface area contributed by atoms with Crippen LogP contribution in [0.4, 0.5) is 0 Å². The number of methoxy groups -OCH3 is 1. The Hall–Kier alpha value is -1.39. The van der Waals surface area contributed by atoms with Gasteiger partial charge >= 0.3 is 0 Å². The quantitative estimate of drug-likeness (QED) is 0.897. The number of aliphatic hydroxyl groups is 1. The first-order chi connectivity index (χ1) is 9.76. The molecule has 1 aliphatic rings. The molecule has 0 bridgehead atoms. The number of hydrogen-bond acceptors (Lipinski definition) is 3. The van der Waals surface area contributed by atoms with Crippen LogP contribution in [0.25, 0.3) is 0 Å². The van der Waals surface area contributed by atoms with E-state index in [1.54, 1.807) is 7.11 Å². The minimum Gasteiger partial charge on any atom is -0.396 e. The Balaban J connectivity index is 2.13. The molecule has 1 N–H and O–H groups in total. The third-order valence-electron chi connectivity index (χ3n) is 3.84. The standard InChI is InChI=1S/C16H23NO3/c1-20-12-13-5-4-6-14(11-13)16(19)17-9-3-2-7-15(17)8-10-18/h4-6,11,15,18H,2-3,7-10,12H2,1H3. The van der Waals surface area contributed by atoms with Gasteiger partial charge in [0.05, 0.1) is 6.61 Å². The number of amides is 1. The molecule has 1 amide bonds. The van der Waals surface area contributed by atoms with Crippen molar-refractivity contribution in [3.63, 3.8) is 0 Å². The van der Waals surface area contributed by atoms with Gasteiger partial charge in [-0.05, 0) is 43.4 Å². The highest BCUT2D eigenvalue weighted by Gasteiger charge is 2.26. The molecule has 0 spiro atoms. The van der Waals surface area contributed by atoms with Gasteiger partial charge in [-0.25, -0.2) is 0 Å². The molecule has 1 unspecified atom stereocenters. The van der Waals surface area contributed by atoms with Gasteiger partial charge in [-0.15, -0.1) is 0 Å². The van der Waals surface area contributed by atoms with Crippen molar-refractivity contribution >= 4 is 5.91 Å². The number of hydrogen-bond donors (Lipinski definition) is 1. The van der Waals surface area contributed by atoms with Crippen LogP contribution in [0.2, 0.25) is 0 Å². The summed E-state index contributed by atoms with van der Waals surface area (Å²) in [5, 5.41) is 9.15. The number of carbonyl (C=O) groups is 1. The number of carbonyl (C=O) groups excluding carboxylic acids is 1. The average Bonchev–Trinajstić information content (AvgIpc) is 2.48. The van der Waals surface area contributed by atoms with Crippen molar-refractivity contribution in [2.24, 2.45) is 0 Å². The monoisotopic (exact) mass is 277 g/mol. The fraction of sp³-hybridized carbons (Fsp3) is 0.562. The summed E-state index contributed by atoms with van der Waals surface area (Å²) in [7, 11) is 1.65. The van der Waals surface area contributed by atoms with Crippen LogP contribution in [-0.2, 0) is 11.3 Å². The van der Waals surface area contributed by atoms with Gasteiger partial charge in [0.1, 0.15) is 0 Å². The predicted molar refractivity (Wildman–Crippen MR) is 77.5 cm³/mol. The summed E-state index contributed by atoms with van der Waals surface area (Å²) >= 11 is 0. The Morgan fingerprint density at radius 2 is 2.30 bits per heavy atom. The second-order valence-corrected chi connectivity index (χ2v) is 5.29. The topological polar surface area (TPSA) is 49.8 Å². The highest BCUT2D eigenvalue weighted by Crippen LogP contribution is 2.22. The molecule has 4 heteroatoms. The number of likely N-dealkylation sites (tertiary alicyclic amines) is 1. The van der Waals surface area contributed by atoms with Crippen molar-refractivity contribution < 1.29 is 14.6 Å². The lowest BCUT2D eigenvalue weighted by molar-refractivity contribution is 0.0574. The van der Waals surface area contributed by atoms with E-state index in [0.717, 1.165) is 31.4 Å². The average molecular weight is 277 g/mol. The van der Waals surface area contributed by atoms with E-state index < -0.39 is 0 Å². The normalized spacial score (nSPS) is 19.1. The van der Waals surface area contributed by atoms with E-state index in [1.807, 2.05) is 29.2 Å². The summed E-state index contributed by atoms with van der Waals surface area (Å²) in [5.41, 5.74) is 1.72. The molecule has 1 aliphatic heterocycles. The maximum absolute atomic E-state index is 12.6. The molecule has 0 aliphatic carbocycles. The van der Waals surface area contributed by atoms with Gasteiger partial charge in [-0.3, -0.25) is 4.79 Å². The summed E-state index contributed by atoms with van der Waals surface area (Å²) in [6.45, 7) is 1.44. The van der Waals surface area contributed by atoms with Crippen LogP contribution < -0.4 is 0 Å². The fourth-order valence-corrected chi connectivity index (χ4v) is 2.84. The van der Waals surface area contributed by atoms with Gasteiger partial charge in [0.2, 0.25) is 0 Å². The molecule has 2 rings (SSSR count). The van der Waals surface area contributed by atoms with Crippen LogP contribution in [0.1, 0.15) is 41.6 Å². The molecule has 1 heterocycles. The van der Waals surface area contributed by atoms with Gasteiger partial charge in [0, 0.05) is 31.9 Å². The van der Waals surface area contributed by atoms with Crippen LogP contribution >= 0.6 is 0 Å². The van der Waals surface area contributed by atoms with Crippen LogP contribution in [0.5, 0.6) is 0 Å². The molecule has 0 aromatic heterocycles. The van der Waals surface area contributed by atoms with E-state index in [0.29, 0.717) is 18.6 Å². The second-order valence-electron chi connectivity index (χ2n) is 5.29. The van der Waals surface area contributed by atoms with Gasteiger partial charge in [0.15, 0.2) is 0 Å². The number of rotatable bonds is 5. The van der Waals surface area contributed by atoms with Crippen molar-refractivity contribution in [1.82, 2.24) is 4.90 Å². The zero-order chi connectivity index (χ0) is 14.4. The highest BCUT2D eigenvalue weighted by molar-refractivity contribution is 5.94. The smallest absolute Gasteiger partial charge is 0.254 e. The molecule has 1 atom stereocenters. The van der Waals surface area contributed by atoms with E-state index >= 15 is 0 Å². The largest absolute Gasteiger partial charge is 0.396 e. The van der Waals surface area contributed by atoms with Crippen LogP contribution in [0.15, 0.2) is 24.3 Å². The van der Waals surface area contributed by atoms with E-state index in [4.69, 9.17) is 9.84 Å². The number of aliphatic hydroxyl groups excluding tert-OH is 1. The van der Waals surface area contributed by atoms with Gasteiger partial charge in [-0.2, -0.15) is 0 Å². The van der Waals surface area contributed by atoms with E-state index in [-0.39, 0.29) is 18.6 Å². The maximum atomic E-state index is 12.6. The van der Waals surface area contributed by atoms with E-state index in [1.165, 1.54) is 0 Å². The van der Waals surface area contributed by atoms with Gasteiger partial charge in [-0.1, -0.05) is 12.1 Å². The van der Waals surface area contributed by atoms with Crippen molar-refractivity contribution in [2.45, 2.75) is 38.3 Å². The Kier molecular flexibility index (Phi) is 5.56. The summed E-state index contributed by atoms with van der Waals surface area (Å²) < 4.78 is 5.11. The molecule has 0 saturated carbocycles. The predicted octanol–water partition coefficient (Wildman–Crippen LogP) is 2.21. The first-order valence-electron chi connectivity index (χ1n) is 7.26. The molecular formula is C16H23NO3. The molecule has 110 valence electrons. The van der Waals surface area contributed by atoms with Gasteiger partial charge in [0.25, 0.3) is 5.91 Å². The van der Waals surface area contributed by atoms with Crippen molar-refractivity contribution in [3.05, 3.63) is 35.4 Å². The summed E-state index contributed by atoms with van der Waals surface area (Å²) in [5.74, 6) is 0.0705. The first kappa shape index (κ1) is 15.0. The maximum Gasteiger partial charge on any atom is 0.254 e. The molecular weight excluding hydrogens is 254 g/mol. The minimum absolute atomic E-state index is 0.0705. The zero-order valence-electron chi connectivity index (χ0n) is 12.0. The van der Waals surface area contributed by atoms with Crippen molar-refractivity contribution in [1.29, 1.82) is 0 Å². The minimum atomic E-state index is 0.0705. The molecule has 20 heavy (non-hydrogen) atoms. The number of nitrogens with zero attached hydrogens (tertiary/aromatic N) is 1. The lowest BCUT2D eigenvalue weighted by atomic mass is 9.98. The van der Waals surface area contributed by atoms with E-state index in [2.05, 4.69) is 0 Å². The Labute approximate surface area is 120 Å². The molecule has 1 aromatic rings. The Bertz CT molecular complexity index is 445. The van der Waals surface area contributed by atoms with Crippen LogP contribution in [0.3, 0.4) is 0 Å². The SMILES string of the molecule is COCc1cccc(C(=O)N2CCCCC2CCO)c1. The second kappa shape index (κ2) is 7.41. The lowest BCUT2D eigenvalue weighted by Gasteiger charge is -2.35. The zero-order valence-corrected chi connectivity index (χ0v) is 12.0. The fourth-order valence-electron chi connectivity index (χ4n) is 2.84. The van der Waals surface area contributed by atoms with Crippen molar-refractivity contribution in [2.75, 3.05) is 20.3 Å². The molecule has 0 radical (unpaired) electrons. The van der Waals surface area contributed by atoms with Crippen LogP contribution in [0, 0.1) is 0 Å². The van der Waals surface area contributed by atoms with Crippen molar-refractivity contribution in [3.8, 4) is 0 Å². The Morgan fingerprint density at radius 3 is 3.05 bits per heavy atom. The van der Waals surface area contributed by atoms with E-state index in [9.17, 15) is 4.79 Å². The molecule has 4 nitrogen and oxygen atoms in total. The number of ether oxygens (including phenoxy) is 1. The Morgan fingerprint density at radius 1 is 1.45 bits per heavy atom. The lowest BCUT2D eigenvalue weighted by Crippen LogP contribution is -2.44. The summed E-state index contributed by atoms with van der Waals surface area (Å²) in [6, 6.07) is 7.78. The molecule has 1 saturated heterocycles. The number of piperidine rings is 1. The summed E-state index contributed by atoms with van der Waals surface area (Å²) in [4.78, 5) is 14.6. The van der Waals surface area contributed by atoms with Gasteiger partial charge < -0.3 is 14.7 Å². The first-order valence-corrected chi connectivity index (χ1v) is 7.26. The number of benzene rings is 1. The third-order valence-corrected chi connectivity index (χ3v) is 3.84. The highest BCUT2D eigenvalue weighted by atomic mass is 16.5. The molecule has 1 fully saturated rings. The summed E-state index contributed by atoms with van der Waals surface area (Å²) in [6.07, 6.45) is 3.84. The van der Waals surface area contributed by atoms with Crippen LogP contribution in [-0.4, -0.2) is 42.2 Å². The molecule has 1 aromatic carbocycles.